The van der Waals surface area contributed by atoms with Crippen LogP contribution in [0.4, 0.5) is 0 Å². The molecule has 0 fully saturated rings. The predicted molar refractivity (Wildman–Crippen MR) is 234 cm³/mol. The Morgan fingerprint density at radius 2 is 0.672 bits per heavy atom. The molecule has 0 N–H and O–H groups in total. The Hall–Kier alpha value is -5.53. The second-order valence-corrected chi connectivity index (χ2v) is 16.9. The van der Waals surface area contributed by atoms with Crippen molar-refractivity contribution >= 4 is 23.0 Å². The highest BCUT2D eigenvalue weighted by Gasteiger charge is 2.30. The average Bonchev–Trinajstić information content (AvgIpc) is 3.21. The fourth-order valence-electron chi connectivity index (χ4n) is 6.24. The minimum atomic E-state index is -2.13. The first-order chi connectivity index (χ1) is 28.0. The molecule has 0 amide bonds. The molecular formula is C49H50O7P2. The lowest BCUT2D eigenvalue weighted by Crippen LogP contribution is -2.11. The van der Waals surface area contributed by atoms with Gasteiger partial charge in [0, 0.05) is 11.6 Å². The molecule has 298 valence electrons. The van der Waals surface area contributed by atoms with Crippen molar-refractivity contribution in [3.63, 3.8) is 0 Å². The zero-order valence-electron chi connectivity index (χ0n) is 34.3. The molecule has 6 aromatic carbocycles. The first-order valence-electron chi connectivity index (χ1n) is 19.6. The number of hydrogen-bond acceptors (Lipinski definition) is 7. The van der Waals surface area contributed by atoms with Crippen LogP contribution in [0.1, 0.15) is 117 Å². The molecule has 1 unspecified atom stereocenters. The summed E-state index contributed by atoms with van der Waals surface area (Å²) < 4.78 is 39.5. The maximum atomic E-state index is 14.7. The molecule has 0 radical (unpaired) electrons. The summed E-state index contributed by atoms with van der Waals surface area (Å²) in [5.74, 6) is 3.46. The molecular weight excluding hydrogens is 762 g/mol. The van der Waals surface area contributed by atoms with Crippen molar-refractivity contribution in [1.82, 2.24) is 0 Å². The molecule has 0 bridgehead atoms. The van der Waals surface area contributed by atoms with Crippen molar-refractivity contribution in [2.24, 2.45) is 0 Å². The Bertz CT molecular complexity index is 2020. The van der Waals surface area contributed by atoms with Gasteiger partial charge in [-0.1, -0.05) is 146 Å². The van der Waals surface area contributed by atoms with Crippen LogP contribution in [0.2, 0.25) is 0 Å². The minimum Gasteiger partial charge on any atom is -0.408 e. The van der Waals surface area contributed by atoms with Gasteiger partial charge < -0.3 is 27.1 Å². The number of hydrogen-bond donors (Lipinski definition) is 0. The highest BCUT2D eigenvalue weighted by atomic mass is 31.2. The summed E-state index contributed by atoms with van der Waals surface area (Å²) >= 11 is 0. The van der Waals surface area contributed by atoms with Crippen LogP contribution in [0.25, 0.3) is 0 Å². The Morgan fingerprint density at radius 1 is 0.379 bits per heavy atom. The van der Waals surface area contributed by atoms with Gasteiger partial charge in [-0.2, -0.15) is 0 Å². The van der Waals surface area contributed by atoms with Crippen LogP contribution < -0.4 is 27.1 Å². The third-order valence-corrected chi connectivity index (χ3v) is 11.4. The number of ketones is 1. The third-order valence-electron chi connectivity index (χ3n) is 9.34. The Labute approximate surface area is 346 Å². The van der Waals surface area contributed by atoms with E-state index in [-0.39, 0.29) is 29.5 Å². The predicted octanol–water partition coefficient (Wildman–Crippen LogP) is 14.5. The summed E-state index contributed by atoms with van der Waals surface area (Å²) in [7, 11) is -4.23. The molecule has 9 heteroatoms. The Morgan fingerprint density at radius 3 is 1.05 bits per heavy atom. The molecule has 0 aliphatic rings. The number of rotatable bonds is 18. The van der Waals surface area contributed by atoms with Crippen LogP contribution >= 0.6 is 17.2 Å². The van der Waals surface area contributed by atoms with Gasteiger partial charge in [0.25, 0.3) is 0 Å². The van der Waals surface area contributed by atoms with Crippen molar-refractivity contribution in [3.05, 3.63) is 179 Å². The van der Waals surface area contributed by atoms with Crippen molar-refractivity contribution in [2.75, 3.05) is 0 Å². The van der Waals surface area contributed by atoms with Crippen molar-refractivity contribution in [1.29, 1.82) is 0 Å². The van der Waals surface area contributed by atoms with Gasteiger partial charge in [0.2, 0.25) is 5.78 Å². The minimum absolute atomic E-state index is 0.141. The molecule has 0 aromatic heterocycles. The first-order valence-corrected chi connectivity index (χ1v) is 21.8. The standard InChI is InChI=1S/C49H50O7P2/c1-33(2)37-21-9-15-27-43(37)51-57(52-44-28-16-10-22-38(44)34(3)4)55-47-31-19-13-25-41(47)49(50)42-26-14-20-32-48(42)56-58(53-45-29-17-11-23-39(45)35(5)6)54-46-30-18-12-24-40(46)36(7)8/h9-11,13-17,19-36H,1-8H3. The zero-order chi connectivity index (χ0) is 41.2. The van der Waals surface area contributed by atoms with Gasteiger partial charge in [-0.3, -0.25) is 4.79 Å². The number of carbonyl (C=O) groups excluding carboxylic acids is 1. The van der Waals surface area contributed by atoms with Gasteiger partial charge >= 0.3 is 17.2 Å². The van der Waals surface area contributed by atoms with Gasteiger partial charge in [-0.15, -0.1) is 0 Å². The van der Waals surface area contributed by atoms with Crippen LogP contribution in [0, 0.1) is 12.1 Å². The molecule has 0 saturated carbocycles. The highest BCUT2D eigenvalue weighted by Crippen LogP contribution is 2.49. The van der Waals surface area contributed by atoms with E-state index in [1.807, 2.05) is 91.0 Å². The van der Waals surface area contributed by atoms with Crippen LogP contribution in [0.15, 0.2) is 133 Å². The largest absolute Gasteiger partial charge is 0.530 e. The zero-order valence-corrected chi connectivity index (χ0v) is 36.1. The normalized spacial score (nSPS) is 11.3. The van der Waals surface area contributed by atoms with Gasteiger partial charge in [-0.05, 0) is 88.9 Å². The number of para-hydroxylation sites is 5. The number of benzene rings is 5. The van der Waals surface area contributed by atoms with E-state index in [1.165, 1.54) is 0 Å². The van der Waals surface area contributed by atoms with E-state index in [0.29, 0.717) is 45.6 Å². The van der Waals surface area contributed by atoms with Crippen LogP contribution in [0.5, 0.6) is 34.5 Å². The summed E-state index contributed by atoms with van der Waals surface area (Å²) in [5, 5.41) is 0. The summed E-state index contributed by atoms with van der Waals surface area (Å²) in [6, 6.07) is 47.3. The smallest absolute Gasteiger partial charge is 0.408 e. The van der Waals surface area contributed by atoms with E-state index in [2.05, 4.69) is 67.5 Å². The molecule has 0 spiro atoms. The lowest BCUT2D eigenvalue weighted by atomic mass is 10.0. The van der Waals surface area contributed by atoms with Crippen LogP contribution in [0.3, 0.4) is 0 Å². The molecule has 0 aliphatic heterocycles. The summed E-state index contributed by atoms with van der Waals surface area (Å²) in [4.78, 5) is 14.7. The van der Waals surface area contributed by atoms with E-state index in [1.54, 1.807) is 42.5 Å². The lowest BCUT2D eigenvalue weighted by Gasteiger charge is -2.23. The monoisotopic (exact) mass is 812 g/mol. The van der Waals surface area contributed by atoms with Crippen molar-refractivity contribution in [2.45, 2.75) is 79.1 Å². The second-order valence-electron chi connectivity index (χ2n) is 14.9. The topological polar surface area (TPSA) is 72.5 Å². The quantitative estimate of drug-likeness (QED) is 0.0632. The van der Waals surface area contributed by atoms with E-state index in [9.17, 15) is 4.79 Å². The highest BCUT2D eigenvalue weighted by molar-refractivity contribution is 7.43. The molecule has 1 atom stereocenters. The van der Waals surface area contributed by atoms with Crippen molar-refractivity contribution < 1.29 is 31.9 Å². The van der Waals surface area contributed by atoms with E-state index < -0.39 is 17.2 Å². The molecule has 0 heterocycles. The lowest BCUT2D eigenvalue weighted by molar-refractivity contribution is 0.103. The van der Waals surface area contributed by atoms with Gasteiger partial charge in [0.15, 0.2) is 0 Å². The maximum Gasteiger partial charge on any atom is 0.530 e. The molecule has 6 rings (SSSR count). The first kappa shape index (κ1) is 42.1. The van der Waals surface area contributed by atoms with Crippen LogP contribution in [-0.2, 0) is 0 Å². The van der Waals surface area contributed by atoms with Gasteiger partial charge in [-0.25, -0.2) is 0 Å². The SMILES string of the molecule is CC(C)c1cc#ccc1OP(Oc1ccccc1C(=O)c1ccccc1OP(Oc1ccccc1C(C)C)Oc1ccccc1C(C)C)Oc1ccccc1C(C)C. The third kappa shape index (κ3) is 10.5. The fraction of sp³-hybridized carbons (Fsp3) is 0.245. The second kappa shape index (κ2) is 19.8. The van der Waals surface area contributed by atoms with Crippen LogP contribution in [-0.4, -0.2) is 5.78 Å². The van der Waals surface area contributed by atoms with E-state index in [0.717, 1.165) is 22.3 Å². The average molecular weight is 813 g/mol. The molecule has 6 aromatic rings. The summed E-state index contributed by atoms with van der Waals surface area (Å²) in [5.41, 5.74) is 4.56. The molecule has 0 saturated heterocycles. The maximum absolute atomic E-state index is 14.7. The Kier molecular flexibility index (Phi) is 14.3. The van der Waals surface area contributed by atoms with E-state index in [4.69, 9.17) is 27.1 Å². The molecule has 0 aliphatic carbocycles. The summed E-state index contributed by atoms with van der Waals surface area (Å²) in [6.07, 6.45) is 0. The molecule has 58 heavy (non-hydrogen) atoms. The van der Waals surface area contributed by atoms with Gasteiger partial charge in [0.1, 0.15) is 34.5 Å². The fourth-order valence-corrected chi connectivity index (χ4v) is 8.40. The molecule has 7 nitrogen and oxygen atoms in total. The Balaban J connectivity index is 1.35. The number of carbonyl (C=O) groups is 1. The van der Waals surface area contributed by atoms with E-state index >= 15 is 0 Å². The van der Waals surface area contributed by atoms with Crippen molar-refractivity contribution in [3.8, 4) is 34.5 Å². The van der Waals surface area contributed by atoms with Gasteiger partial charge in [0.05, 0.1) is 11.1 Å². The summed E-state index contributed by atoms with van der Waals surface area (Å²) in [6.45, 7) is 16.8.